The SMILES string of the molecule is COc1cc(OC2OC(O)(CO)C(O)C(O)C2O)c2c(c1)C(=O)c1cc(CCC3=CNC(N)C=C3)cc(O)c1C2=O. The number of ketones is 2. The van der Waals surface area contributed by atoms with Crippen LogP contribution < -0.4 is 20.5 Å². The maximum absolute atomic E-state index is 13.7. The lowest BCUT2D eigenvalue weighted by atomic mass is 9.81. The third-order valence-electron chi connectivity index (χ3n) is 7.32. The lowest BCUT2D eigenvalue weighted by Crippen LogP contribution is -2.67. The molecule has 6 unspecified atom stereocenters. The summed E-state index contributed by atoms with van der Waals surface area (Å²) in [6, 6.07) is 5.48. The number of carbonyl (C=O) groups excluding carboxylic acids is 2. The van der Waals surface area contributed by atoms with Crippen molar-refractivity contribution < 1.29 is 54.4 Å². The Balaban J connectivity index is 1.49. The topological polar surface area (TPSA) is 221 Å². The molecule has 0 saturated carbocycles. The molecule has 0 amide bonds. The van der Waals surface area contributed by atoms with Gasteiger partial charge in [0.15, 0.2) is 5.78 Å². The van der Waals surface area contributed by atoms with Gasteiger partial charge in [-0.2, -0.15) is 0 Å². The van der Waals surface area contributed by atoms with E-state index in [1.54, 1.807) is 12.3 Å². The zero-order valence-electron chi connectivity index (χ0n) is 21.9. The molecule has 2 aromatic rings. The summed E-state index contributed by atoms with van der Waals surface area (Å²) >= 11 is 0. The van der Waals surface area contributed by atoms with Crippen LogP contribution in [0.4, 0.5) is 0 Å². The number of dihydropyridines is 1. The van der Waals surface area contributed by atoms with Crippen molar-refractivity contribution >= 4 is 11.6 Å². The Morgan fingerprint density at radius 3 is 2.41 bits per heavy atom. The molecule has 6 atom stereocenters. The number of allylic oxidation sites excluding steroid dienone is 2. The van der Waals surface area contributed by atoms with E-state index in [0.29, 0.717) is 18.4 Å². The summed E-state index contributed by atoms with van der Waals surface area (Å²) in [6.07, 6.45) is -1.69. The first-order chi connectivity index (χ1) is 19.5. The van der Waals surface area contributed by atoms with Crippen LogP contribution in [0.15, 0.2) is 48.2 Å². The van der Waals surface area contributed by atoms with E-state index >= 15 is 0 Å². The molecule has 1 saturated heterocycles. The number of nitrogens with two attached hydrogens (primary N) is 1. The van der Waals surface area contributed by atoms with E-state index in [1.165, 1.54) is 31.4 Å². The van der Waals surface area contributed by atoms with Gasteiger partial charge >= 0.3 is 0 Å². The van der Waals surface area contributed by atoms with E-state index in [4.69, 9.17) is 19.9 Å². The van der Waals surface area contributed by atoms with Gasteiger partial charge in [0.2, 0.25) is 17.9 Å². The van der Waals surface area contributed by atoms with Crippen LogP contribution in [0.1, 0.15) is 43.8 Å². The lowest BCUT2D eigenvalue weighted by Gasteiger charge is -2.44. The number of aromatic hydroxyl groups is 1. The number of aliphatic hydroxyl groups excluding tert-OH is 4. The molecular formula is C28H30N2O11. The molecule has 9 N–H and O–H groups in total. The smallest absolute Gasteiger partial charge is 0.231 e. The Morgan fingerprint density at radius 2 is 1.76 bits per heavy atom. The fourth-order valence-corrected chi connectivity index (χ4v) is 5.01. The van der Waals surface area contributed by atoms with Crippen LogP contribution in [0, 0.1) is 0 Å². The number of carbonyl (C=O) groups is 2. The third-order valence-corrected chi connectivity index (χ3v) is 7.32. The van der Waals surface area contributed by atoms with Gasteiger partial charge in [-0.15, -0.1) is 0 Å². The number of phenolic OH excluding ortho intramolecular Hbond substituents is 1. The number of nitrogens with one attached hydrogen (secondary N) is 1. The molecular weight excluding hydrogens is 540 g/mol. The molecule has 41 heavy (non-hydrogen) atoms. The minimum absolute atomic E-state index is 0.0211. The van der Waals surface area contributed by atoms with Crippen molar-refractivity contribution in [2.75, 3.05) is 13.7 Å². The second-order valence-electron chi connectivity index (χ2n) is 10.0. The molecule has 0 aromatic heterocycles. The average Bonchev–Trinajstić information content (AvgIpc) is 2.96. The number of benzene rings is 2. The van der Waals surface area contributed by atoms with Crippen LogP contribution in [-0.4, -0.2) is 92.5 Å². The Kier molecular flexibility index (Phi) is 7.61. The van der Waals surface area contributed by atoms with E-state index in [2.05, 4.69) is 5.32 Å². The Hall–Kier alpha value is -3.82. The van der Waals surface area contributed by atoms with Gasteiger partial charge in [-0.3, -0.25) is 9.59 Å². The van der Waals surface area contributed by atoms with Gasteiger partial charge in [0, 0.05) is 23.4 Å². The van der Waals surface area contributed by atoms with Gasteiger partial charge in [-0.05, 0) is 48.3 Å². The lowest BCUT2D eigenvalue weighted by molar-refractivity contribution is -0.384. The normalized spacial score (nSPS) is 28.9. The number of rotatable bonds is 7. The highest BCUT2D eigenvalue weighted by atomic mass is 16.8. The molecule has 0 spiro atoms. The number of fused-ring (bicyclic) bond motifs is 2. The predicted octanol–water partition coefficient (Wildman–Crippen LogP) is -1.06. The van der Waals surface area contributed by atoms with Gasteiger partial charge < -0.3 is 55.9 Å². The number of ether oxygens (including phenoxy) is 3. The molecule has 2 heterocycles. The van der Waals surface area contributed by atoms with Crippen molar-refractivity contribution in [3.63, 3.8) is 0 Å². The zero-order valence-corrected chi connectivity index (χ0v) is 21.9. The fraction of sp³-hybridized carbons (Fsp3) is 0.357. The molecule has 3 aliphatic rings. The number of aryl methyl sites for hydroxylation is 1. The summed E-state index contributed by atoms with van der Waals surface area (Å²) in [6.45, 7) is -1.16. The van der Waals surface area contributed by atoms with Gasteiger partial charge in [0.1, 0.15) is 35.6 Å². The molecule has 2 aromatic carbocycles. The molecule has 13 heteroatoms. The van der Waals surface area contributed by atoms with Crippen molar-refractivity contribution in [1.29, 1.82) is 0 Å². The summed E-state index contributed by atoms with van der Waals surface area (Å²) in [4.78, 5) is 27.4. The monoisotopic (exact) mass is 570 g/mol. The maximum Gasteiger partial charge on any atom is 0.231 e. The molecule has 1 fully saturated rings. The van der Waals surface area contributed by atoms with E-state index in [0.717, 1.165) is 5.57 Å². The van der Waals surface area contributed by atoms with Crippen LogP contribution in [0.25, 0.3) is 0 Å². The van der Waals surface area contributed by atoms with Crippen LogP contribution in [0.5, 0.6) is 17.2 Å². The van der Waals surface area contributed by atoms with E-state index < -0.39 is 54.3 Å². The minimum Gasteiger partial charge on any atom is -0.507 e. The fourth-order valence-electron chi connectivity index (χ4n) is 5.01. The highest BCUT2D eigenvalue weighted by Crippen LogP contribution is 2.41. The Morgan fingerprint density at radius 1 is 1.02 bits per heavy atom. The van der Waals surface area contributed by atoms with Crippen molar-refractivity contribution in [2.24, 2.45) is 5.73 Å². The van der Waals surface area contributed by atoms with Crippen molar-refractivity contribution in [2.45, 2.75) is 49.4 Å². The summed E-state index contributed by atoms with van der Waals surface area (Å²) < 4.78 is 16.1. The largest absolute Gasteiger partial charge is 0.507 e. The second-order valence-corrected chi connectivity index (χ2v) is 10.0. The van der Waals surface area contributed by atoms with Gasteiger partial charge in [0.25, 0.3) is 0 Å². The zero-order chi connectivity index (χ0) is 29.6. The maximum atomic E-state index is 13.7. The van der Waals surface area contributed by atoms with Crippen molar-refractivity contribution in [3.05, 3.63) is 76.0 Å². The van der Waals surface area contributed by atoms with Crippen LogP contribution >= 0.6 is 0 Å². The number of hydrogen-bond donors (Lipinski definition) is 8. The van der Waals surface area contributed by atoms with Crippen molar-refractivity contribution in [1.82, 2.24) is 5.32 Å². The van der Waals surface area contributed by atoms with E-state index in [1.807, 2.05) is 6.08 Å². The van der Waals surface area contributed by atoms with Gasteiger partial charge in [0.05, 0.1) is 31.0 Å². The van der Waals surface area contributed by atoms with E-state index in [9.17, 15) is 40.2 Å². The average molecular weight is 571 g/mol. The molecule has 2 aliphatic heterocycles. The molecule has 0 bridgehead atoms. The Labute approximate surface area is 233 Å². The second kappa shape index (κ2) is 10.9. The summed E-state index contributed by atoms with van der Waals surface area (Å²) in [5.41, 5.74) is 6.66. The molecule has 13 nitrogen and oxygen atoms in total. The number of methoxy groups -OCH3 is 1. The summed E-state index contributed by atoms with van der Waals surface area (Å²) in [7, 11) is 1.31. The first-order valence-corrected chi connectivity index (χ1v) is 12.8. The molecule has 1 aliphatic carbocycles. The first-order valence-electron chi connectivity index (χ1n) is 12.8. The predicted molar refractivity (Wildman–Crippen MR) is 140 cm³/mol. The van der Waals surface area contributed by atoms with Gasteiger partial charge in [-0.1, -0.05) is 6.08 Å². The number of phenols is 1. The summed E-state index contributed by atoms with van der Waals surface area (Å²) in [5.74, 6) is -4.73. The Bertz CT molecular complexity index is 1450. The quantitative estimate of drug-likeness (QED) is 0.170. The highest BCUT2D eigenvalue weighted by molar-refractivity contribution is 6.30. The van der Waals surface area contributed by atoms with Crippen LogP contribution in [0.2, 0.25) is 0 Å². The first kappa shape index (κ1) is 28.7. The van der Waals surface area contributed by atoms with Crippen molar-refractivity contribution in [3.8, 4) is 17.2 Å². The molecule has 218 valence electrons. The standard InChI is InChI=1S/C28H30N2O11/c1-39-14-8-16-21(18(9-14)40-27-25(36)24(35)26(37)28(38,11-31)41-27)23(34)20-15(22(16)33)6-13(7-17(20)32)3-2-12-4-5-19(29)30-10-12/h4-10,19,24-27,30-32,35-38H,2-3,11,29H2,1H3. The number of hydrogen-bond acceptors (Lipinski definition) is 13. The third kappa shape index (κ3) is 5.08. The molecule has 5 rings (SSSR count). The van der Waals surface area contributed by atoms with E-state index in [-0.39, 0.29) is 39.9 Å². The number of aliphatic hydroxyl groups is 5. The van der Waals surface area contributed by atoms with Gasteiger partial charge in [-0.25, -0.2) is 0 Å². The summed E-state index contributed by atoms with van der Waals surface area (Å²) in [5, 5.41) is 64.4. The highest BCUT2D eigenvalue weighted by Gasteiger charge is 2.54. The molecule has 0 radical (unpaired) electrons. The van der Waals surface area contributed by atoms with Crippen LogP contribution in [0.3, 0.4) is 0 Å². The minimum atomic E-state index is -2.70. The van der Waals surface area contributed by atoms with Crippen LogP contribution in [-0.2, 0) is 11.2 Å².